The fourth-order valence-electron chi connectivity index (χ4n) is 1.55. The van der Waals surface area contributed by atoms with E-state index in [4.69, 9.17) is 27.8 Å². The highest BCUT2D eigenvalue weighted by Gasteiger charge is 2.15. The Kier molecular flexibility index (Phi) is 3.57. The zero-order valence-electron chi connectivity index (χ0n) is 9.69. The summed E-state index contributed by atoms with van der Waals surface area (Å²) in [6.07, 6.45) is 0. The fourth-order valence-corrected chi connectivity index (χ4v) is 1.82. The number of ether oxygens (including phenoxy) is 1. The number of anilines is 1. The highest BCUT2D eigenvalue weighted by molar-refractivity contribution is 6.33. The Hall–Kier alpha value is -2.27. The molecule has 0 radical (unpaired) electrons. The van der Waals surface area contributed by atoms with E-state index in [1.807, 2.05) is 0 Å². The molecule has 0 fully saturated rings. The van der Waals surface area contributed by atoms with Gasteiger partial charge in [0.25, 0.3) is 5.91 Å². The number of amides is 1. The van der Waals surface area contributed by atoms with Crippen LogP contribution in [0.15, 0.2) is 36.4 Å². The summed E-state index contributed by atoms with van der Waals surface area (Å²) in [5.41, 5.74) is 11.1. The van der Waals surface area contributed by atoms with E-state index >= 15 is 0 Å². The Morgan fingerprint density at radius 2 is 2.00 bits per heavy atom. The summed E-state index contributed by atoms with van der Waals surface area (Å²) < 4.78 is 18.5. The fraction of sp³-hybridized carbons (Fsp3) is 0. The van der Waals surface area contributed by atoms with Gasteiger partial charge in [0.1, 0.15) is 11.6 Å². The van der Waals surface area contributed by atoms with Crippen molar-refractivity contribution in [3.63, 3.8) is 0 Å². The first kappa shape index (κ1) is 13.2. The van der Waals surface area contributed by atoms with Gasteiger partial charge in [-0.3, -0.25) is 4.79 Å². The molecule has 0 bridgehead atoms. The van der Waals surface area contributed by atoms with Gasteiger partial charge in [0.15, 0.2) is 5.75 Å². The first-order valence-electron chi connectivity index (χ1n) is 5.29. The van der Waals surface area contributed by atoms with Crippen LogP contribution in [-0.4, -0.2) is 5.91 Å². The minimum absolute atomic E-state index is 0.0364. The van der Waals surface area contributed by atoms with Crippen LogP contribution in [0.4, 0.5) is 10.1 Å². The molecule has 1 amide bonds. The van der Waals surface area contributed by atoms with Crippen molar-refractivity contribution < 1.29 is 13.9 Å². The molecule has 98 valence electrons. The summed E-state index contributed by atoms with van der Waals surface area (Å²) in [4.78, 5) is 11.3. The number of nitrogens with two attached hydrogens (primary N) is 2. The number of hydrogen-bond donors (Lipinski definition) is 2. The van der Waals surface area contributed by atoms with Gasteiger partial charge in [0, 0.05) is 11.8 Å². The summed E-state index contributed by atoms with van der Waals surface area (Å²) >= 11 is 5.96. The number of rotatable bonds is 3. The minimum atomic E-state index is -0.736. The van der Waals surface area contributed by atoms with Gasteiger partial charge in [-0.05, 0) is 24.3 Å². The largest absolute Gasteiger partial charge is 0.455 e. The number of carbonyl (C=O) groups excluding carboxylic acids is 1. The number of carbonyl (C=O) groups is 1. The standard InChI is InChI=1S/C13H10ClFN2O2/c14-11-6-8(16)5-10(13(17)18)12(11)19-9-3-1-2-7(15)4-9/h1-6H,16H2,(H2,17,18). The van der Waals surface area contributed by atoms with Crippen LogP contribution < -0.4 is 16.2 Å². The van der Waals surface area contributed by atoms with E-state index in [1.165, 1.54) is 30.3 Å². The maximum absolute atomic E-state index is 13.1. The number of nitrogen functional groups attached to an aromatic ring is 1. The van der Waals surface area contributed by atoms with Crippen LogP contribution in [0.5, 0.6) is 11.5 Å². The van der Waals surface area contributed by atoms with E-state index in [-0.39, 0.29) is 27.8 Å². The molecule has 0 aliphatic rings. The summed E-state index contributed by atoms with van der Waals surface area (Å²) in [5.74, 6) is -0.951. The summed E-state index contributed by atoms with van der Waals surface area (Å²) in [7, 11) is 0. The number of hydrogen-bond acceptors (Lipinski definition) is 3. The maximum Gasteiger partial charge on any atom is 0.252 e. The third-order valence-electron chi connectivity index (χ3n) is 2.35. The van der Waals surface area contributed by atoms with E-state index in [2.05, 4.69) is 0 Å². The Labute approximate surface area is 113 Å². The second-order valence-electron chi connectivity index (χ2n) is 3.80. The van der Waals surface area contributed by atoms with Crippen LogP contribution in [0.25, 0.3) is 0 Å². The molecule has 6 heteroatoms. The molecule has 2 rings (SSSR count). The second kappa shape index (κ2) is 5.16. The Morgan fingerprint density at radius 1 is 1.26 bits per heavy atom. The monoisotopic (exact) mass is 280 g/mol. The number of halogens is 2. The second-order valence-corrected chi connectivity index (χ2v) is 4.21. The molecular formula is C13H10ClFN2O2. The van der Waals surface area contributed by atoms with Crippen molar-refractivity contribution in [1.82, 2.24) is 0 Å². The van der Waals surface area contributed by atoms with Crippen LogP contribution in [0.1, 0.15) is 10.4 Å². The molecular weight excluding hydrogens is 271 g/mol. The molecule has 2 aromatic rings. The van der Waals surface area contributed by atoms with Crippen molar-refractivity contribution in [3.05, 3.63) is 52.8 Å². The zero-order valence-corrected chi connectivity index (χ0v) is 10.4. The molecule has 4 N–H and O–H groups in total. The van der Waals surface area contributed by atoms with Crippen molar-refractivity contribution in [1.29, 1.82) is 0 Å². The SMILES string of the molecule is NC(=O)c1cc(N)cc(Cl)c1Oc1cccc(F)c1. The normalized spacial score (nSPS) is 10.2. The maximum atomic E-state index is 13.1. The quantitative estimate of drug-likeness (QED) is 0.849. The van der Waals surface area contributed by atoms with E-state index in [1.54, 1.807) is 0 Å². The minimum Gasteiger partial charge on any atom is -0.455 e. The molecule has 0 atom stereocenters. The molecule has 0 saturated carbocycles. The van der Waals surface area contributed by atoms with E-state index < -0.39 is 11.7 Å². The number of benzene rings is 2. The summed E-state index contributed by atoms with van der Waals surface area (Å²) in [6.45, 7) is 0. The van der Waals surface area contributed by atoms with Crippen LogP contribution in [0.2, 0.25) is 5.02 Å². The molecule has 2 aromatic carbocycles. The summed E-state index contributed by atoms with van der Waals surface area (Å²) in [5, 5.41) is 0.123. The Bertz CT molecular complexity index is 647. The van der Waals surface area contributed by atoms with Crippen LogP contribution in [0.3, 0.4) is 0 Å². The van der Waals surface area contributed by atoms with Crippen molar-refractivity contribution in [3.8, 4) is 11.5 Å². The van der Waals surface area contributed by atoms with Gasteiger partial charge in [0.05, 0.1) is 10.6 Å². The molecule has 0 saturated heterocycles. The van der Waals surface area contributed by atoms with E-state index in [0.717, 1.165) is 6.07 Å². The molecule has 0 aromatic heterocycles. The Morgan fingerprint density at radius 3 is 2.63 bits per heavy atom. The van der Waals surface area contributed by atoms with Crippen molar-refractivity contribution in [2.45, 2.75) is 0 Å². The number of primary amides is 1. The van der Waals surface area contributed by atoms with Crippen molar-refractivity contribution in [2.24, 2.45) is 5.73 Å². The average Bonchev–Trinajstić information content (AvgIpc) is 2.32. The molecule has 0 spiro atoms. The molecule has 0 unspecified atom stereocenters. The predicted octanol–water partition coefficient (Wildman–Crippen LogP) is 2.95. The lowest BCUT2D eigenvalue weighted by molar-refractivity contribution is 0.0998. The van der Waals surface area contributed by atoms with E-state index in [9.17, 15) is 9.18 Å². The molecule has 19 heavy (non-hydrogen) atoms. The first-order chi connectivity index (χ1) is 8.97. The van der Waals surface area contributed by atoms with Gasteiger partial charge in [0.2, 0.25) is 0 Å². The lowest BCUT2D eigenvalue weighted by atomic mass is 10.1. The summed E-state index contributed by atoms with van der Waals surface area (Å²) in [6, 6.07) is 8.20. The van der Waals surface area contributed by atoms with Gasteiger partial charge in [-0.2, -0.15) is 0 Å². The van der Waals surface area contributed by atoms with Crippen LogP contribution >= 0.6 is 11.6 Å². The molecule has 0 aliphatic heterocycles. The smallest absolute Gasteiger partial charge is 0.252 e. The predicted molar refractivity (Wildman–Crippen MR) is 70.9 cm³/mol. The lowest BCUT2D eigenvalue weighted by Crippen LogP contribution is -2.13. The third-order valence-corrected chi connectivity index (χ3v) is 2.63. The van der Waals surface area contributed by atoms with Gasteiger partial charge in [-0.1, -0.05) is 17.7 Å². The van der Waals surface area contributed by atoms with Crippen molar-refractivity contribution in [2.75, 3.05) is 5.73 Å². The van der Waals surface area contributed by atoms with Crippen molar-refractivity contribution >= 4 is 23.2 Å². The Balaban J connectivity index is 2.47. The lowest BCUT2D eigenvalue weighted by Gasteiger charge is -2.12. The topological polar surface area (TPSA) is 78.3 Å². The molecule has 0 heterocycles. The molecule has 0 aliphatic carbocycles. The first-order valence-corrected chi connectivity index (χ1v) is 5.67. The van der Waals surface area contributed by atoms with Gasteiger partial charge in [-0.25, -0.2) is 4.39 Å². The third kappa shape index (κ3) is 2.95. The molecule has 4 nitrogen and oxygen atoms in total. The van der Waals surface area contributed by atoms with Gasteiger partial charge >= 0.3 is 0 Å². The van der Waals surface area contributed by atoms with Crippen LogP contribution in [-0.2, 0) is 0 Å². The zero-order chi connectivity index (χ0) is 14.0. The average molecular weight is 281 g/mol. The van der Waals surface area contributed by atoms with E-state index in [0.29, 0.717) is 0 Å². The van der Waals surface area contributed by atoms with Crippen LogP contribution in [0, 0.1) is 5.82 Å². The highest BCUT2D eigenvalue weighted by atomic mass is 35.5. The van der Waals surface area contributed by atoms with Gasteiger partial charge in [-0.15, -0.1) is 0 Å². The highest BCUT2D eigenvalue weighted by Crippen LogP contribution is 2.35. The van der Waals surface area contributed by atoms with Gasteiger partial charge < -0.3 is 16.2 Å².